The van der Waals surface area contributed by atoms with E-state index in [4.69, 9.17) is 0 Å². The highest BCUT2D eigenvalue weighted by molar-refractivity contribution is 5.93. The van der Waals surface area contributed by atoms with Gasteiger partial charge in [0.05, 0.1) is 5.56 Å². The van der Waals surface area contributed by atoms with Crippen LogP contribution in [-0.2, 0) is 0 Å². The van der Waals surface area contributed by atoms with Crippen molar-refractivity contribution in [2.24, 2.45) is 0 Å². The molecule has 0 atom stereocenters. The Kier molecular flexibility index (Phi) is 5.43. The average Bonchev–Trinajstić information content (AvgIpc) is 2.63. The number of hydrogen-bond donors (Lipinski definition) is 1. The van der Waals surface area contributed by atoms with Crippen molar-refractivity contribution in [1.29, 1.82) is 0 Å². The zero-order valence-corrected chi connectivity index (χ0v) is 14.1. The molecule has 2 aromatic rings. The van der Waals surface area contributed by atoms with E-state index in [1.54, 1.807) is 24.5 Å². The highest BCUT2D eigenvalue weighted by Gasteiger charge is 2.17. The zero-order chi connectivity index (χ0) is 16.8. The summed E-state index contributed by atoms with van der Waals surface area (Å²) >= 11 is 0. The molecule has 0 unspecified atom stereocenters. The summed E-state index contributed by atoms with van der Waals surface area (Å²) in [6.45, 7) is 7.78. The number of aryl methyl sites for hydroxylation is 1. The van der Waals surface area contributed by atoms with Gasteiger partial charge in [0.15, 0.2) is 0 Å². The smallest absolute Gasteiger partial charge is 0.252 e. The maximum Gasteiger partial charge on any atom is 0.252 e. The predicted molar refractivity (Wildman–Crippen MR) is 96.4 cm³/mol. The highest BCUT2D eigenvalue weighted by Crippen LogP contribution is 2.17. The summed E-state index contributed by atoms with van der Waals surface area (Å²) in [5, 5.41) is 2.96. The van der Waals surface area contributed by atoms with E-state index < -0.39 is 0 Å². The third-order valence-electron chi connectivity index (χ3n) is 4.38. The number of hydrogen-bond acceptors (Lipinski definition) is 4. The van der Waals surface area contributed by atoms with Gasteiger partial charge in [-0.25, -0.2) is 0 Å². The summed E-state index contributed by atoms with van der Waals surface area (Å²) < 4.78 is 0. The highest BCUT2D eigenvalue weighted by atomic mass is 16.1. The van der Waals surface area contributed by atoms with Gasteiger partial charge >= 0.3 is 0 Å². The molecule has 0 saturated carbocycles. The molecule has 5 nitrogen and oxygen atoms in total. The van der Waals surface area contributed by atoms with Crippen LogP contribution in [0, 0.1) is 6.92 Å². The predicted octanol–water partition coefficient (Wildman–Crippen LogP) is 1.94. The normalized spacial score (nSPS) is 15.3. The first-order valence-corrected chi connectivity index (χ1v) is 8.44. The topological polar surface area (TPSA) is 48.5 Å². The molecule has 24 heavy (non-hydrogen) atoms. The average molecular weight is 324 g/mol. The molecule has 0 aliphatic carbocycles. The van der Waals surface area contributed by atoms with Gasteiger partial charge in [0, 0.05) is 57.3 Å². The fraction of sp³-hybridized carbons (Fsp3) is 0.368. The molecule has 0 radical (unpaired) electrons. The van der Waals surface area contributed by atoms with Crippen LogP contribution in [-0.4, -0.2) is 55.1 Å². The SMILES string of the molecule is Cc1cccc(N2CCN(CCNC(=O)c3cccnc3)CC2)c1. The van der Waals surface area contributed by atoms with E-state index in [9.17, 15) is 4.79 Å². The molecule has 1 N–H and O–H groups in total. The summed E-state index contributed by atoms with van der Waals surface area (Å²) in [7, 11) is 0. The van der Waals surface area contributed by atoms with E-state index in [0.717, 1.165) is 32.7 Å². The van der Waals surface area contributed by atoms with Crippen LogP contribution >= 0.6 is 0 Å². The lowest BCUT2D eigenvalue weighted by Gasteiger charge is -2.36. The van der Waals surface area contributed by atoms with Gasteiger partial charge in [-0.15, -0.1) is 0 Å². The Morgan fingerprint density at radius 2 is 2.00 bits per heavy atom. The molecule has 2 heterocycles. The van der Waals surface area contributed by atoms with Crippen molar-refractivity contribution in [1.82, 2.24) is 15.2 Å². The van der Waals surface area contributed by atoms with Crippen LogP contribution in [0.15, 0.2) is 48.8 Å². The van der Waals surface area contributed by atoms with Gasteiger partial charge in [-0.3, -0.25) is 14.7 Å². The van der Waals surface area contributed by atoms with Crippen molar-refractivity contribution in [2.45, 2.75) is 6.92 Å². The quantitative estimate of drug-likeness (QED) is 0.913. The molecule has 1 aromatic carbocycles. The van der Waals surface area contributed by atoms with Crippen molar-refractivity contribution in [2.75, 3.05) is 44.2 Å². The number of nitrogens with zero attached hydrogens (tertiary/aromatic N) is 3. The van der Waals surface area contributed by atoms with Crippen LogP contribution in [0.2, 0.25) is 0 Å². The molecule has 1 amide bonds. The number of benzene rings is 1. The standard InChI is InChI=1S/C19H24N4O/c1-16-4-2-6-18(14-16)23-12-10-22(11-13-23)9-8-21-19(24)17-5-3-7-20-15-17/h2-7,14-15H,8-13H2,1H3,(H,21,24). The third kappa shape index (κ3) is 4.32. The van der Waals surface area contributed by atoms with E-state index in [0.29, 0.717) is 12.1 Å². The largest absolute Gasteiger partial charge is 0.369 e. The number of nitrogens with one attached hydrogen (secondary N) is 1. The number of aromatic nitrogens is 1. The minimum Gasteiger partial charge on any atom is -0.369 e. The Morgan fingerprint density at radius 3 is 2.71 bits per heavy atom. The minimum atomic E-state index is -0.0542. The maximum absolute atomic E-state index is 12.0. The molecule has 1 aliphatic rings. The Bertz CT molecular complexity index is 666. The van der Waals surface area contributed by atoms with Crippen molar-refractivity contribution >= 4 is 11.6 Å². The van der Waals surface area contributed by atoms with Gasteiger partial charge in [0.25, 0.3) is 5.91 Å². The van der Waals surface area contributed by atoms with Crippen molar-refractivity contribution in [3.05, 3.63) is 59.9 Å². The van der Waals surface area contributed by atoms with Gasteiger partial charge in [0.1, 0.15) is 0 Å². The molecular weight excluding hydrogens is 300 g/mol. The number of pyridine rings is 1. The number of rotatable bonds is 5. The van der Waals surface area contributed by atoms with Crippen molar-refractivity contribution in [3.63, 3.8) is 0 Å². The van der Waals surface area contributed by atoms with E-state index in [1.165, 1.54) is 11.3 Å². The molecule has 126 valence electrons. The molecular formula is C19H24N4O. The van der Waals surface area contributed by atoms with Crippen LogP contribution in [0.4, 0.5) is 5.69 Å². The fourth-order valence-corrected chi connectivity index (χ4v) is 2.98. The molecule has 1 aromatic heterocycles. The Balaban J connectivity index is 1.40. The van der Waals surface area contributed by atoms with E-state index in [-0.39, 0.29) is 5.91 Å². The molecule has 5 heteroatoms. The second kappa shape index (κ2) is 7.93. The first-order valence-electron chi connectivity index (χ1n) is 8.44. The number of amides is 1. The first kappa shape index (κ1) is 16.5. The van der Waals surface area contributed by atoms with Gasteiger partial charge < -0.3 is 10.2 Å². The lowest BCUT2D eigenvalue weighted by Crippen LogP contribution is -2.48. The zero-order valence-electron chi connectivity index (χ0n) is 14.1. The lowest BCUT2D eigenvalue weighted by atomic mass is 10.2. The molecule has 0 spiro atoms. The van der Waals surface area contributed by atoms with Crippen LogP contribution < -0.4 is 10.2 Å². The van der Waals surface area contributed by atoms with Crippen molar-refractivity contribution in [3.8, 4) is 0 Å². The molecule has 1 aliphatic heterocycles. The number of anilines is 1. The number of carbonyl (C=O) groups excluding carboxylic acids is 1. The summed E-state index contributed by atoms with van der Waals surface area (Å²) in [6, 6.07) is 12.2. The van der Waals surface area contributed by atoms with Gasteiger partial charge in [-0.1, -0.05) is 12.1 Å². The lowest BCUT2D eigenvalue weighted by molar-refractivity contribution is 0.0947. The van der Waals surface area contributed by atoms with Crippen LogP contribution in [0.25, 0.3) is 0 Å². The summed E-state index contributed by atoms with van der Waals surface area (Å²) in [4.78, 5) is 20.8. The maximum atomic E-state index is 12.0. The molecule has 3 rings (SSSR count). The minimum absolute atomic E-state index is 0.0542. The van der Waals surface area contributed by atoms with E-state index >= 15 is 0 Å². The molecule has 1 fully saturated rings. The summed E-state index contributed by atoms with van der Waals surface area (Å²) in [6.07, 6.45) is 3.26. The van der Waals surface area contributed by atoms with Crippen LogP contribution in [0.3, 0.4) is 0 Å². The van der Waals surface area contributed by atoms with Gasteiger partial charge in [0.2, 0.25) is 0 Å². The summed E-state index contributed by atoms with van der Waals surface area (Å²) in [5.74, 6) is -0.0542. The van der Waals surface area contributed by atoms with E-state index in [2.05, 4.69) is 51.3 Å². The summed E-state index contributed by atoms with van der Waals surface area (Å²) in [5.41, 5.74) is 3.22. The Morgan fingerprint density at radius 1 is 1.17 bits per heavy atom. The second-order valence-electron chi connectivity index (χ2n) is 6.17. The molecule has 0 bridgehead atoms. The first-order chi connectivity index (χ1) is 11.7. The van der Waals surface area contributed by atoms with Gasteiger partial charge in [-0.05, 0) is 36.8 Å². The third-order valence-corrected chi connectivity index (χ3v) is 4.38. The van der Waals surface area contributed by atoms with Crippen molar-refractivity contribution < 1.29 is 4.79 Å². The van der Waals surface area contributed by atoms with Crippen LogP contribution in [0.1, 0.15) is 15.9 Å². The van der Waals surface area contributed by atoms with E-state index in [1.807, 2.05) is 0 Å². The monoisotopic (exact) mass is 324 g/mol. The van der Waals surface area contributed by atoms with Crippen LogP contribution in [0.5, 0.6) is 0 Å². The Hall–Kier alpha value is -2.40. The second-order valence-corrected chi connectivity index (χ2v) is 6.17. The van der Waals surface area contributed by atoms with Gasteiger partial charge in [-0.2, -0.15) is 0 Å². The Labute approximate surface area is 143 Å². The number of carbonyl (C=O) groups is 1. The molecule has 1 saturated heterocycles. The number of piperazine rings is 1. The fourth-order valence-electron chi connectivity index (χ4n) is 2.98.